The number of para-hydroxylation sites is 1. The summed E-state index contributed by atoms with van der Waals surface area (Å²) in [5.41, 5.74) is 1.53. The van der Waals surface area contributed by atoms with Crippen LogP contribution < -0.4 is 9.47 Å². The predicted molar refractivity (Wildman–Crippen MR) is 115 cm³/mol. The largest absolute Gasteiger partial charge is 0.497 e. The molecule has 4 aromatic rings. The molecule has 158 valence electrons. The van der Waals surface area contributed by atoms with Gasteiger partial charge in [-0.05, 0) is 54.1 Å². The molecule has 0 bridgehead atoms. The van der Waals surface area contributed by atoms with Crippen molar-refractivity contribution in [3.05, 3.63) is 89.4 Å². The third-order valence-electron chi connectivity index (χ3n) is 4.61. The van der Waals surface area contributed by atoms with Crippen LogP contribution in [0.25, 0.3) is 21.7 Å². The Morgan fingerprint density at radius 3 is 2.06 bits per heavy atom. The highest BCUT2D eigenvalue weighted by atomic mass is 32.1. The molecule has 0 aliphatic carbocycles. The lowest BCUT2D eigenvalue weighted by atomic mass is 10.1. The van der Waals surface area contributed by atoms with Crippen LogP contribution in [-0.4, -0.2) is 12.1 Å². The third kappa shape index (κ3) is 4.88. The number of hydrogen-bond donors (Lipinski definition) is 0. The molecule has 0 fully saturated rings. The van der Waals surface area contributed by atoms with Crippen LogP contribution in [0.3, 0.4) is 0 Å². The Labute approximate surface area is 181 Å². The van der Waals surface area contributed by atoms with Gasteiger partial charge in [-0.15, -0.1) is 11.3 Å². The van der Waals surface area contributed by atoms with Crippen molar-refractivity contribution in [2.75, 3.05) is 7.11 Å². The van der Waals surface area contributed by atoms with Gasteiger partial charge in [0, 0.05) is 5.56 Å². The summed E-state index contributed by atoms with van der Waals surface area (Å²) in [7, 11) is 1.59. The molecule has 0 N–H and O–H groups in total. The van der Waals surface area contributed by atoms with Gasteiger partial charge in [-0.25, -0.2) is 4.98 Å². The summed E-state index contributed by atoms with van der Waals surface area (Å²) in [6.07, 6.45) is -4.38. The van der Waals surface area contributed by atoms with Crippen LogP contribution in [0.15, 0.2) is 78.9 Å². The van der Waals surface area contributed by atoms with Crippen molar-refractivity contribution in [3.63, 3.8) is 0 Å². The molecular formula is C24H18F3NO2S. The molecule has 0 saturated carbocycles. The lowest BCUT2D eigenvalue weighted by Gasteiger charge is -2.08. The minimum Gasteiger partial charge on any atom is -0.497 e. The maximum absolute atomic E-state index is 13.0. The summed E-state index contributed by atoms with van der Waals surface area (Å²) in [6, 6.07) is 21.9. The Bertz CT molecular complexity index is 1140. The Hall–Kier alpha value is -3.32. The highest BCUT2D eigenvalue weighted by Gasteiger charge is 2.30. The van der Waals surface area contributed by atoms with E-state index < -0.39 is 11.7 Å². The number of thiazole rings is 1. The van der Waals surface area contributed by atoms with Gasteiger partial charge >= 0.3 is 6.18 Å². The van der Waals surface area contributed by atoms with Crippen molar-refractivity contribution in [1.82, 2.24) is 4.98 Å². The van der Waals surface area contributed by atoms with Crippen LogP contribution in [0, 0.1) is 0 Å². The first-order valence-electron chi connectivity index (χ1n) is 9.43. The van der Waals surface area contributed by atoms with Gasteiger partial charge < -0.3 is 9.47 Å². The van der Waals surface area contributed by atoms with Gasteiger partial charge in [0.15, 0.2) is 0 Å². The lowest BCUT2D eigenvalue weighted by Crippen LogP contribution is -2.03. The molecule has 1 heterocycles. The van der Waals surface area contributed by atoms with Gasteiger partial charge in [-0.2, -0.15) is 13.2 Å². The van der Waals surface area contributed by atoms with E-state index in [0.717, 1.165) is 33.3 Å². The summed E-state index contributed by atoms with van der Waals surface area (Å²) < 4.78 is 49.9. The monoisotopic (exact) mass is 441 g/mol. The average Bonchev–Trinajstić information content (AvgIpc) is 3.22. The number of nitrogens with zero attached hydrogens (tertiary/aromatic N) is 1. The number of ether oxygens (including phenoxy) is 2. The zero-order valence-corrected chi connectivity index (χ0v) is 17.3. The van der Waals surface area contributed by atoms with E-state index in [-0.39, 0.29) is 6.61 Å². The average molecular weight is 441 g/mol. The molecule has 0 aliphatic rings. The van der Waals surface area contributed by atoms with Gasteiger partial charge in [0.05, 0.1) is 23.2 Å². The molecule has 0 spiro atoms. The van der Waals surface area contributed by atoms with Crippen molar-refractivity contribution in [3.8, 4) is 33.2 Å². The molecule has 4 rings (SSSR count). The summed E-state index contributed by atoms with van der Waals surface area (Å²) in [4.78, 5) is 5.51. The van der Waals surface area contributed by atoms with Gasteiger partial charge in [0.25, 0.3) is 0 Å². The van der Waals surface area contributed by atoms with E-state index in [2.05, 4.69) is 0 Å². The molecule has 1 aromatic heterocycles. The minimum absolute atomic E-state index is 0.262. The highest BCUT2D eigenvalue weighted by molar-refractivity contribution is 7.15. The second kappa shape index (κ2) is 8.81. The topological polar surface area (TPSA) is 31.4 Å². The standard InChI is InChI=1S/C24H18F3NO2S/c1-29-19-13-9-16(10-14-19)22-23(17-7-11-18(12-8-17)24(25,26)27)31-21(28-22)15-30-20-5-3-2-4-6-20/h2-14H,15H2,1H3. The van der Waals surface area contributed by atoms with Gasteiger partial charge in [0.1, 0.15) is 23.1 Å². The molecule has 0 atom stereocenters. The maximum atomic E-state index is 13.0. The first-order chi connectivity index (χ1) is 14.9. The van der Waals surface area contributed by atoms with E-state index in [9.17, 15) is 13.2 Å². The maximum Gasteiger partial charge on any atom is 0.416 e. The zero-order chi connectivity index (χ0) is 21.8. The fraction of sp³-hybridized carbons (Fsp3) is 0.125. The molecular weight excluding hydrogens is 423 g/mol. The van der Waals surface area contributed by atoms with Crippen molar-refractivity contribution in [2.45, 2.75) is 12.8 Å². The van der Waals surface area contributed by atoms with Crippen LogP contribution in [-0.2, 0) is 12.8 Å². The van der Waals surface area contributed by atoms with E-state index in [0.29, 0.717) is 17.0 Å². The normalized spacial score (nSPS) is 11.4. The van der Waals surface area contributed by atoms with E-state index in [4.69, 9.17) is 14.5 Å². The number of benzene rings is 3. The van der Waals surface area contributed by atoms with Crippen LogP contribution in [0.4, 0.5) is 13.2 Å². The van der Waals surface area contributed by atoms with Crippen molar-refractivity contribution in [2.24, 2.45) is 0 Å². The first-order valence-corrected chi connectivity index (χ1v) is 10.3. The number of hydrogen-bond acceptors (Lipinski definition) is 4. The Balaban J connectivity index is 1.69. The second-order valence-electron chi connectivity index (χ2n) is 6.69. The van der Waals surface area contributed by atoms with E-state index in [1.54, 1.807) is 7.11 Å². The smallest absolute Gasteiger partial charge is 0.416 e. The molecule has 3 nitrogen and oxygen atoms in total. The van der Waals surface area contributed by atoms with Crippen molar-refractivity contribution < 1.29 is 22.6 Å². The Morgan fingerprint density at radius 2 is 1.45 bits per heavy atom. The van der Waals surface area contributed by atoms with Crippen LogP contribution in [0.5, 0.6) is 11.5 Å². The van der Waals surface area contributed by atoms with E-state index >= 15 is 0 Å². The van der Waals surface area contributed by atoms with Gasteiger partial charge in [-0.1, -0.05) is 30.3 Å². The predicted octanol–water partition coefficient (Wildman–Crippen LogP) is 7.08. The molecule has 0 aliphatic heterocycles. The molecule has 0 saturated heterocycles. The summed E-state index contributed by atoms with van der Waals surface area (Å²) in [5, 5.41) is 0.726. The van der Waals surface area contributed by atoms with Crippen LogP contribution >= 0.6 is 11.3 Å². The van der Waals surface area contributed by atoms with E-state index in [1.807, 2.05) is 54.6 Å². The number of methoxy groups -OCH3 is 1. The second-order valence-corrected chi connectivity index (χ2v) is 7.77. The van der Waals surface area contributed by atoms with Crippen LogP contribution in [0.2, 0.25) is 0 Å². The Kier molecular flexibility index (Phi) is 5.95. The van der Waals surface area contributed by atoms with Gasteiger partial charge in [0.2, 0.25) is 0 Å². The van der Waals surface area contributed by atoms with Crippen LogP contribution in [0.1, 0.15) is 10.6 Å². The lowest BCUT2D eigenvalue weighted by molar-refractivity contribution is -0.137. The molecule has 3 aromatic carbocycles. The third-order valence-corrected chi connectivity index (χ3v) is 5.69. The molecule has 7 heteroatoms. The number of alkyl halides is 3. The first kappa shape index (κ1) is 20.9. The SMILES string of the molecule is COc1ccc(-c2nc(COc3ccccc3)sc2-c2ccc(C(F)(F)F)cc2)cc1. The quantitative estimate of drug-likeness (QED) is 0.320. The molecule has 0 amide bonds. The van der Waals surface area contributed by atoms with Crippen molar-refractivity contribution >= 4 is 11.3 Å². The fourth-order valence-electron chi connectivity index (χ4n) is 3.04. The Morgan fingerprint density at radius 1 is 0.806 bits per heavy atom. The molecule has 0 radical (unpaired) electrons. The number of aromatic nitrogens is 1. The van der Waals surface area contributed by atoms with Gasteiger partial charge in [-0.3, -0.25) is 0 Å². The van der Waals surface area contributed by atoms with Crippen molar-refractivity contribution in [1.29, 1.82) is 0 Å². The number of halogens is 3. The zero-order valence-electron chi connectivity index (χ0n) is 16.5. The molecule has 31 heavy (non-hydrogen) atoms. The minimum atomic E-state index is -4.38. The highest BCUT2D eigenvalue weighted by Crippen LogP contribution is 2.39. The summed E-state index contributed by atoms with van der Waals surface area (Å²) in [6.45, 7) is 0.262. The summed E-state index contributed by atoms with van der Waals surface area (Å²) in [5.74, 6) is 1.43. The molecule has 0 unspecified atom stereocenters. The fourth-order valence-corrected chi connectivity index (χ4v) is 4.04. The van der Waals surface area contributed by atoms with E-state index in [1.165, 1.54) is 23.5 Å². The summed E-state index contributed by atoms with van der Waals surface area (Å²) >= 11 is 1.40. The number of rotatable bonds is 6.